The molecule has 0 spiro atoms. The molecular weight excluding hydrogens is 184 g/mol. The Balaban J connectivity index is 2.50. The highest BCUT2D eigenvalue weighted by molar-refractivity contribution is 5.81. The van der Waals surface area contributed by atoms with E-state index in [4.69, 9.17) is 10.5 Å². The van der Waals surface area contributed by atoms with Crippen LogP contribution in [-0.4, -0.2) is 54.9 Å². The maximum atomic E-state index is 11.7. The summed E-state index contributed by atoms with van der Waals surface area (Å²) < 4.78 is 4.95. The van der Waals surface area contributed by atoms with Crippen molar-refractivity contribution in [1.29, 1.82) is 0 Å². The Bertz CT molecular complexity index is 194. The van der Waals surface area contributed by atoms with Crippen molar-refractivity contribution < 1.29 is 14.6 Å². The lowest BCUT2D eigenvalue weighted by molar-refractivity contribution is -0.144. The number of nitrogens with zero attached hydrogens (tertiary/aromatic N) is 1. The average Bonchev–Trinajstić information content (AvgIpc) is 2.19. The zero-order chi connectivity index (χ0) is 10.6. The number of hydrogen-bond donors (Lipinski definition) is 2. The third kappa shape index (κ3) is 2.67. The zero-order valence-corrected chi connectivity index (χ0v) is 8.48. The van der Waals surface area contributed by atoms with E-state index in [0.29, 0.717) is 13.1 Å². The Hall–Kier alpha value is -0.650. The number of piperidine rings is 1. The maximum Gasteiger partial charge on any atom is 0.253 e. The number of carbonyl (C=O) groups is 1. The van der Waals surface area contributed by atoms with Gasteiger partial charge in [-0.2, -0.15) is 0 Å². The second-order valence-corrected chi connectivity index (χ2v) is 3.54. The second kappa shape index (κ2) is 5.29. The number of hydrogen-bond acceptors (Lipinski definition) is 4. The molecule has 2 atom stereocenters. The Morgan fingerprint density at radius 2 is 2.50 bits per heavy atom. The smallest absolute Gasteiger partial charge is 0.253 e. The summed E-state index contributed by atoms with van der Waals surface area (Å²) in [5.74, 6) is -0.117. The molecule has 1 fully saturated rings. The van der Waals surface area contributed by atoms with E-state index in [2.05, 4.69) is 0 Å². The van der Waals surface area contributed by atoms with E-state index in [9.17, 15) is 9.90 Å². The Morgan fingerprint density at radius 3 is 3.00 bits per heavy atom. The van der Waals surface area contributed by atoms with Crippen molar-refractivity contribution >= 4 is 5.91 Å². The highest BCUT2D eigenvalue weighted by atomic mass is 16.5. The van der Waals surface area contributed by atoms with Gasteiger partial charge in [0.05, 0.1) is 6.10 Å². The monoisotopic (exact) mass is 202 g/mol. The van der Waals surface area contributed by atoms with Crippen LogP contribution < -0.4 is 5.73 Å². The van der Waals surface area contributed by atoms with Crippen LogP contribution in [0, 0.1) is 0 Å². The van der Waals surface area contributed by atoms with Crippen molar-refractivity contribution in [2.45, 2.75) is 25.0 Å². The number of likely N-dealkylation sites (tertiary alicyclic amines) is 1. The molecule has 0 bridgehead atoms. The first kappa shape index (κ1) is 11.4. The molecule has 0 radical (unpaired) electrons. The molecule has 1 aliphatic heterocycles. The maximum absolute atomic E-state index is 11.7. The molecule has 82 valence electrons. The van der Waals surface area contributed by atoms with Gasteiger partial charge in [0.15, 0.2) is 0 Å². The van der Waals surface area contributed by atoms with Crippen LogP contribution in [0.25, 0.3) is 0 Å². The summed E-state index contributed by atoms with van der Waals surface area (Å²) >= 11 is 0. The number of aliphatic hydroxyl groups is 1. The van der Waals surface area contributed by atoms with Crippen LogP contribution in [0.4, 0.5) is 0 Å². The molecule has 1 amide bonds. The van der Waals surface area contributed by atoms with Gasteiger partial charge in [-0.1, -0.05) is 0 Å². The molecule has 2 unspecified atom stereocenters. The van der Waals surface area contributed by atoms with Crippen LogP contribution in [0.15, 0.2) is 0 Å². The lowest BCUT2D eigenvalue weighted by Crippen LogP contribution is -2.49. The lowest BCUT2D eigenvalue weighted by atomic mass is 10.1. The number of rotatable bonds is 3. The SMILES string of the molecule is COC(CN)C(=O)N1CCCC(O)C1. The van der Waals surface area contributed by atoms with Gasteiger partial charge in [-0.3, -0.25) is 4.79 Å². The molecule has 0 aromatic rings. The van der Waals surface area contributed by atoms with Gasteiger partial charge in [-0.25, -0.2) is 0 Å². The number of carbonyl (C=O) groups excluding carboxylic acids is 1. The summed E-state index contributed by atoms with van der Waals surface area (Å²) in [7, 11) is 1.47. The summed E-state index contributed by atoms with van der Waals surface area (Å²) in [4.78, 5) is 13.3. The Labute approximate surface area is 83.8 Å². The molecule has 0 saturated carbocycles. The third-order valence-corrected chi connectivity index (χ3v) is 2.48. The fourth-order valence-corrected chi connectivity index (χ4v) is 1.66. The van der Waals surface area contributed by atoms with Gasteiger partial charge in [0.1, 0.15) is 6.10 Å². The number of ether oxygens (including phenoxy) is 1. The summed E-state index contributed by atoms with van der Waals surface area (Å²) in [6.07, 6.45) is 0.640. The summed E-state index contributed by atoms with van der Waals surface area (Å²) in [5, 5.41) is 9.39. The van der Waals surface area contributed by atoms with Gasteiger partial charge in [0, 0.05) is 26.7 Å². The number of nitrogens with two attached hydrogens (primary N) is 1. The van der Waals surface area contributed by atoms with Gasteiger partial charge in [0.2, 0.25) is 0 Å². The predicted molar refractivity (Wildman–Crippen MR) is 51.7 cm³/mol. The van der Waals surface area contributed by atoms with Crippen molar-refractivity contribution in [2.24, 2.45) is 5.73 Å². The van der Waals surface area contributed by atoms with Crippen LogP contribution in [-0.2, 0) is 9.53 Å². The molecule has 14 heavy (non-hydrogen) atoms. The molecule has 1 heterocycles. The van der Waals surface area contributed by atoms with E-state index in [-0.39, 0.29) is 12.5 Å². The molecule has 3 N–H and O–H groups in total. The summed E-state index contributed by atoms with van der Waals surface area (Å²) in [6.45, 7) is 1.27. The largest absolute Gasteiger partial charge is 0.391 e. The van der Waals surface area contributed by atoms with Crippen LogP contribution in [0.2, 0.25) is 0 Å². The number of methoxy groups -OCH3 is 1. The molecule has 0 aromatic carbocycles. The van der Waals surface area contributed by atoms with Gasteiger partial charge in [0.25, 0.3) is 5.91 Å². The first-order valence-corrected chi connectivity index (χ1v) is 4.88. The van der Waals surface area contributed by atoms with Crippen LogP contribution >= 0.6 is 0 Å². The van der Waals surface area contributed by atoms with Gasteiger partial charge in [-0.05, 0) is 12.8 Å². The minimum Gasteiger partial charge on any atom is -0.391 e. The second-order valence-electron chi connectivity index (χ2n) is 3.54. The molecule has 0 aliphatic carbocycles. The molecule has 0 aromatic heterocycles. The highest BCUT2D eigenvalue weighted by Crippen LogP contribution is 2.11. The van der Waals surface area contributed by atoms with Crippen molar-refractivity contribution in [2.75, 3.05) is 26.7 Å². The number of amides is 1. The quantitative estimate of drug-likeness (QED) is 0.612. The predicted octanol–water partition coefficient (Wildman–Crippen LogP) is -1.06. The summed E-state index contributed by atoms with van der Waals surface area (Å²) in [5.41, 5.74) is 5.39. The first-order valence-electron chi connectivity index (χ1n) is 4.88. The van der Waals surface area contributed by atoms with Gasteiger partial charge >= 0.3 is 0 Å². The third-order valence-electron chi connectivity index (χ3n) is 2.48. The van der Waals surface area contributed by atoms with Crippen LogP contribution in [0.5, 0.6) is 0 Å². The van der Waals surface area contributed by atoms with Crippen LogP contribution in [0.1, 0.15) is 12.8 Å². The van der Waals surface area contributed by atoms with Crippen molar-refractivity contribution in [3.8, 4) is 0 Å². The van der Waals surface area contributed by atoms with E-state index in [1.807, 2.05) is 0 Å². The van der Waals surface area contributed by atoms with Gasteiger partial charge < -0.3 is 20.5 Å². The number of β-amino-alcohol motifs (C(OH)–C–C–N with tert-alkyl or cyclic N) is 1. The van der Waals surface area contributed by atoms with E-state index < -0.39 is 12.2 Å². The molecule has 1 saturated heterocycles. The Kier molecular flexibility index (Phi) is 4.31. The standard InChI is InChI=1S/C9H18N2O3/c1-14-8(5-10)9(13)11-4-2-3-7(12)6-11/h7-8,12H,2-6,10H2,1H3. The minimum absolute atomic E-state index is 0.117. The highest BCUT2D eigenvalue weighted by Gasteiger charge is 2.27. The molecular formula is C9H18N2O3. The van der Waals surface area contributed by atoms with Crippen molar-refractivity contribution in [3.05, 3.63) is 0 Å². The van der Waals surface area contributed by atoms with E-state index in [0.717, 1.165) is 12.8 Å². The normalized spacial score (nSPS) is 24.8. The summed E-state index contributed by atoms with van der Waals surface area (Å²) in [6, 6.07) is 0. The molecule has 1 aliphatic rings. The average molecular weight is 202 g/mol. The fraction of sp³-hybridized carbons (Fsp3) is 0.889. The number of aliphatic hydroxyl groups excluding tert-OH is 1. The lowest BCUT2D eigenvalue weighted by Gasteiger charge is -2.32. The van der Waals surface area contributed by atoms with E-state index >= 15 is 0 Å². The van der Waals surface area contributed by atoms with Gasteiger partial charge in [-0.15, -0.1) is 0 Å². The molecule has 5 nitrogen and oxygen atoms in total. The van der Waals surface area contributed by atoms with Crippen molar-refractivity contribution in [3.63, 3.8) is 0 Å². The molecule has 5 heteroatoms. The Morgan fingerprint density at radius 1 is 1.79 bits per heavy atom. The fourth-order valence-electron chi connectivity index (χ4n) is 1.66. The first-order chi connectivity index (χ1) is 6.69. The molecule has 1 rings (SSSR count). The van der Waals surface area contributed by atoms with Crippen LogP contribution in [0.3, 0.4) is 0 Å². The minimum atomic E-state index is -0.569. The van der Waals surface area contributed by atoms with E-state index in [1.165, 1.54) is 7.11 Å². The zero-order valence-electron chi connectivity index (χ0n) is 8.48. The topological polar surface area (TPSA) is 75.8 Å². The van der Waals surface area contributed by atoms with E-state index in [1.54, 1.807) is 4.90 Å². The van der Waals surface area contributed by atoms with Crippen molar-refractivity contribution in [1.82, 2.24) is 4.90 Å².